The third-order valence-corrected chi connectivity index (χ3v) is 8.16. The van der Waals surface area contributed by atoms with E-state index in [1.165, 1.54) is 66.4 Å². The molecule has 170 valence electrons. The lowest BCUT2D eigenvalue weighted by atomic mass is 9.76. The van der Waals surface area contributed by atoms with Crippen molar-refractivity contribution in [3.8, 4) is 11.1 Å². The van der Waals surface area contributed by atoms with Crippen LogP contribution in [0.3, 0.4) is 0 Å². The molecule has 7 rings (SSSR count). The number of benzene rings is 4. The van der Waals surface area contributed by atoms with E-state index >= 15 is 0 Å². The van der Waals surface area contributed by atoms with Crippen LogP contribution >= 0.6 is 0 Å². The average molecular weight is 451 g/mol. The molecule has 0 radical (unpaired) electrons. The van der Waals surface area contributed by atoms with Gasteiger partial charge in [-0.1, -0.05) is 98.0 Å². The number of hydrogen-bond acceptors (Lipinski definition) is 0. The van der Waals surface area contributed by atoms with E-state index in [0.717, 1.165) is 32.1 Å². The number of hydrogen-bond donors (Lipinski definition) is 0. The maximum absolute atomic E-state index is 2.47. The highest BCUT2D eigenvalue weighted by atomic mass is 14.3. The predicted molar refractivity (Wildman–Crippen MR) is 151 cm³/mol. The van der Waals surface area contributed by atoms with Gasteiger partial charge in [0.1, 0.15) is 0 Å². The molecule has 4 aromatic rings. The quantitative estimate of drug-likeness (QED) is 0.285. The number of fused-ring (bicyclic) bond motifs is 4. The Kier molecular flexibility index (Phi) is 4.87. The van der Waals surface area contributed by atoms with Gasteiger partial charge in [0, 0.05) is 0 Å². The van der Waals surface area contributed by atoms with E-state index in [4.69, 9.17) is 0 Å². The van der Waals surface area contributed by atoms with Crippen molar-refractivity contribution in [3.63, 3.8) is 0 Å². The summed E-state index contributed by atoms with van der Waals surface area (Å²) in [4.78, 5) is 0. The maximum Gasteiger partial charge on any atom is -0.00295 e. The Hall–Kier alpha value is -3.64. The van der Waals surface area contributed by atoms with Crippen molar-refractivity contribution in [2.45, 2.75) is 39.0 Å². The summed E-state index contributed by atoms with van der Waals surface area (Å²) in [5.41, 5.74) is 14.4. The first-order valence-electron chi connectivity index (χ1n) is 13.1. The van der Waals surface area contributed by atoms with Crippen LogP contribution in [0.25, 0.3) is 45.7 Å². The summed E-state index contributed by atoms with van der Waals surface area (Å²) >= 11 is 0. The molecule has 0 saturated carbocycles. The molecule has 0 bridgehead atoms. The molecule has 0 fully saturated rings. The fourth-order valence-corrected chi connectivity index (χ4v) is 6.45. The monoisotopic (exact) mass is 450 g/mol. The second kappa shape index (κ2) is 8.24. The summed E-state index contributed by atoms with van der Waals surface area (Å²) in [7, 11) is 0. The number of allylic oxidation sites excluding steroid dienone is 3. The van der Waals surface area contributed by atoms with Crippen LogP contribution in [0.15, 0.2) is 78.9 Å². The van der Waals surface area contributed by atoms with Crippen LogP contribution in [-0.2, 0) is 19.3 Å². The van der Waals surface area contributed by atoms with Crippen LogP contribution in [0.4, 0.5) is 0 Å². The standard InChI is InChI=1S/C35H30/c1-23-14-19-32-33(20-23)35(29-18-16-25-9-3-5-11-27(25)22-29)31-13-7-6-12-30(31)34(32)28-17-15-24-8-2-4-10-26(24)21-28/h3-7,9-15,17,19,21-23H,2,8,16,18,20H2,1H3. The highest BCUT2D eigenvalue weighted by Gasteiger charge is 2.25. The van der Waals surface area contributed by atoms with Gasteiger partial charge in [-0.05, 0) is 111 Å². The number of rotatable bonds is 2. The summed E-state index contributed by atoms with van der Waals surface area (Å²) in [6.45, 7) is 2.35. The molecule has 0 spiro atoms. The Morgan fingerprint density at radius 2 is 1.51 bits per heavy atom. The van der Waals surface area contributed by atoms with Gasteiger partial charge in [0.15, 0.2) is 0 Å². The molecule has 4 aromatic carbocycles. The van der Waals surface area contributed by atoms with Crippen LogP contribution < -0.4 is 0 Å². The Balaban J connectivity index is 1.53. The molecule has 0 saturated heterocycles. The molecule has 3 aliphatic rings. The molecule has 35 heavy (non-hydrogen) atoms. The van der Waals surface area contributed by atoms with Crippen molar-refractivity contribution in [3.05, 3.63) is 118 Å². The minimum Gasteiger partial charge on any atom is -0.0836 e. The Morgan fingerprint density at radius 1 is 0.714 bits per heavy atom. The minimum atomic E-state index is 0.554. The van der Waals surface area contributed by atoms with E-state index in [-0.39, 0.29) is 0 Å². The normalized spacial score (nSPS) is 18.1. The molecule has 0 amide bonds. The zero-order valence-corrected chi connectivity index (χ0v) is 20.4. The molecular weight excluding hydrogens is 420 g/mol. The fourth-order valence-electron chi connectivity index (χ4n) is 6.45. The van der Waals surface area contributed by atoms with Gasteiger partial charge < -0.3 is 0 Å². The first-order valence-corrected chi connectivity index (χ1v) is 13.1. The van der Waals surface area contributed by atoms with E-state index < -0.39 is 0 Å². The van der Waals surface area contributed by atoms with Crippen molar-refractivity contribution in [1.82, 2.24) is 0 Å². The molecular formula is C35H30. The van der Waals surface area contributed by atoms with Crippen molar-refractivity contribution in [2.75, 3.05) is 0 Å². The zero-order valence-electron chi connectivity index (χ0n) is 20.4. The lowest BCUT2D eigenvalue weighted by molar-refractivity contribution is 0.716. The summed E-state index contributed by atoms with van der Waals surface area (Å²) < 4.78 is 0. The molecule has 0 heterocycles. The van der Waals surface area contributed by atoms with Crippen molar-refractivity contribution < 1.29 is 0 Å². The topological polar surface area (TPSA) is 0 Å². The second-order valence-electron chi connectivity index (χ2n) is 10.5. The molecule has 0 N–H and O–H groups in total. The van der Waals surface area contributed by atoms with Gasteiger partial charge in [0.25, 0.3) is 0 Å². The van der Waals surface area contributed by atoms with Gasteiger partial charge in [-0.25, -0.2) is 0 Å². The molecule has 0 aromatic heterocycles. The van der Waals surface area contributed by atoms with Crippen molar-refractivity contribution in [1.29, 1.82) is 0 Å². The summed E-state index contributed by atoms with van der Waals surface area (Å²) in [5.74, 6) is 0.554. The Bertz CT molecular complexity index is 1570. The second-order valence-corrected chi connectivity index (χ2v) is 10.5. The molecule has 1 unspecified atom stereocenters. The summed E-state index contributed by atoms with van der Waals surface area (Å²) in [5, 5.41) is 2.78. The summed E-state index contributed by atoms with van der Waals surface area (Å²) in [6, 6.07) is 25.2. The zero-order chi connectivity index (χ0) is 23.4. The SMILES string of the molecule is CC1C=Cc2c(c(C3=Cc4ccccc4CC3)c3ccccc3c2-c2ccc3c(c2)C=CCC3)C1. The van der Waals surface area contributed by atoms with Gasteiger partial charge in [0.05, 0.1) is 0 Å². The van der Waals surface area contributed by atoms with E-state index in [1.807, 2.05) is 0 Å². The van der Waals surface area contributed by atoms with Gasteiger partial charge in [-0.3, -0.25) is 0 Å². The highest BCUT2D eigenvalue weighted by Crippen LogP contribution is 2.46. The average Bonchev–Trinajstić information content (AvgIpc) is 2.91. The van der Waals surface area contributed by atoms with Crippen molar-refractivity contribution >= 4 is 34.6 Å². The number of aryl methyl sites for hydroxylation is 2. The first-order chi connectivity index (χ1) is 17.3. The molecule has 0 heteroatoms. The maximum atomic E-state index is 2.47. The lowest BCUT2D eigenvalue weighted by Gasteiger charge is -2.28. The van der Waals surface area contributed by atoms with Crippen LogP contribution in [0.2, 0.25) is 0 Å². The van der Waals surface area contributed by atoms with Crippen LogP contribution in [0.5, 0.6) is 0 Å². The van der Waals surface area contributed by atoms with E-state index in [2.05, 4.69) is 104 Å². The third kappa shape index (κ3) is 3.43. The van der Waals surface area contributed by atoms with Crippen LogP contribution in [0.1, 0.15) is 58.7 Å². The van der Waals surface area contributed by atoms with Crippen LogP contribution in [-0.4, -0.2) is 0 Å². The molecule has 3 aliphatic carbocycles. The van der Waals surface area contributed by atoms with Crippen LogP contribution in [0, 0.1) is 5.92 Å². The summed E-state index contributed by atoms with van der Waals surface area (Å²) in [6.07, 6.45) is 17.6. The molecule has 0 nitrogen and oxygen atoms in total. The molecule has 0 aliphatic heterocycles. The van der Waals surface area contributed by atoms with Gasteiger partial charge in [0.2, 0.25) is 0 Å². The van der Waals surface area contributed by atoms with Gasteiger partial charge in [-0.15, -0.1) is 0 Å². The fraction of sp³-hybridized carbons (Fsp3) is 0.200. The Labute approximate surface area is 208 Å². The Morgan fingerprint density at radius 3 is 2.43 bits per heavy atom. The first kappa shape index (κ1) is 20.7. The predicted octanol–water partition coefficient (Wildman–Crippen LogP) is 9.16. The largest absolute Gasteiger partial charge is 0.0836 e. The minimum absolute atomic E-state index is 0.554. The highest BCUT2D eigenvalue weighted by molar-refractivity contribution is 6.09. The van der Waals surface area contributed by atoms with Crippen molar-refractivity contribution in [2.24, 2.45) is 5.92 Å². The van der Waals surface area contributed by atoms with E-state index in [1.54, 1.807) is 0 Å². The smallest absolute Gasteiger partial charge is 0.00295 e. The van der Waals surface area contributed by atoms with Gasteiger partial charge in [-0.2, -0.15) is 0 Å². The molecule has 1 atom stereocenters. The van der Waals surface area contributed by atoms with Gasteiger partial charge >= 0.3 is 0 Å². The lowest BCUT2D eigenvalue weighted by Crippen LogP contribution is -2.11. The van der Waals surface area contributed by atoms with E-state index in [0.29, 0.717) is 5.92 Å². The van der Waals surface area contributed by atoms with E-state index in [9.17, 15) is 0 Å². The third-order valence-electron chi connectivity index (χ3n) is 8.16.